The number of aryl methyl sites for hydroxylation is 1. The van der Waals surface area contributed by atoms with E-state index in [4.69, 9.17) is 4.98 Å². The lowest BCUT2D eigenvalue weighted by atomic mass is 9.95. The minimum absolute atomic E-state index is 0.139. The van der Waals surface area contributed by atoms with E-state index in [1.54, 1.807) is 0 Å². The molecule has 0 radical (unpaired) electrons. The van der Waals surface area contributed by atoms with E-state index in [1.807, 2.05) is 47.9 Å². The van der Waals surface area contributed by atoms with Gasteiger partial charge in [-0.3, -0.25) is 4.79 Å². The van der Waals surface area contributed by atoms with E-state index in [1.165, 1.54) is 0 Å². The lowest BCUT2D eigenvalue weighted by molar-refractivity contribution is 0.682. The van der Waals surface area contributed by atoms with Crippen molar-refractivity contribution in [3.63, 3.8) is 0 Å². The minimum Gasteiger partial charge on any atom is -0.319 e. The fraction of sp³-hybridized carbons (Fsp3) is 0.250. The summed E-state index contributed by atoms with van der Waals surface area (Å²) in [5.41, 5.74) is 5.77. The van der Waals surface area contributed by atoms with E-state index < -0.39 is 0 Å². The number of H-pyrrole nitrogens is 2. The second-order valence-electron chi connectivity index (χ2n) is 8.20. The molecule has 9 nitrogen and oxygen atoms in total. The maximum Gasteiger partial charge on any atom is 0.290 e. The monoisotopic (exact) mass is 440 g/mol. The number of hydrogen-bond acceptors (Lipinski definition) is 6. The molecule has 3 aromatic heterocycles. The molecule has 0 aliphatic rings. The van der Waals surface area contributed by atoms with Crippen molar-refractivity contribution in [1.29, 1.82) is 0 Å². The number of aromatic amines is 2. The first-order valence-electron chi connectivity index (χ1n) is 11.0. The maximum atomic E-state index is 12.9. The Morgan fingerprint density at radius 2 is 1.70 bits per heavy atom. The van der Waals surface area contributed by atoms with Crippen molar-refractivity contribution < 1.29 is 0 Å². The van der Waals surface area contributed by atoms with Gasteiger partial charge in [0.1, 0.15) is 16.9 Å². The van der Waals surface area contributed by atoms with Crippen LogP contribution in [-0.4, -0.2) is 40.4 Å². The molecule has 0 bridgehead atoms. The van der Waals surface area contributed by atoms with Crippen LogP contribution in [0.4, 0.5) is 0 Å². The highest BCUT2D eigenvalue weighted by Gasteiger charge is 2.21. The molecule has 3 heterocycles. The van der Waals surface area contributed by atoms with Crippen molar-refractivity contribution in [2.75, 3.05) is 0 Å². The molecule has 0 fully saturated rings. The second-order valence-corrected chi connectivity index (χ2v) is 8.20. The zero-order chi connectivity index (χ0) is 22.9. The molecule has 0 atom stereocenters. The van der Waals surface area contributed by atoms with Crippen LogP contribution in [0.3, 0.4) is 0 Å². The van der Waals surface area contributed by atoms with Gasteiger partial charge in [0.2, 0.25) is 5.82 Å². The molecule has 166 valence electrons. The number of rotatable bonds is 6. The van der Waals surface area contributed by atoms with Crippen LogP contribution in [0.5, 0.6) is 0 Å². The Morgan fingerprint density at radius 1 is 0.970 bits per heavy atom. The molecule has 2 aromatic carbocycles. The van der Waals surface area contributed by atoms with E-state index in [0.29, 0.717) is 29.8 Å². The normalized spacial score (nSPS) is 11.5. The highest BCUT2D eigenvalue weighted by molar-refractivity contribution is 5.82. The summed E-state index contributed by atoms with van der Waals surface area (Å²) in [5, 5.41) is 21.5. The lowest BCUT2D eigenvalue weighted by Crippen LogP contribution is -2.16. The summed E-state index contributed by atoms with van der Waals surface area (Å²) in [7, 11) is 0. The predicted octanol–water partition coefficient (Wildman–Crippen LogP) is 3.70. The molecule has 0 unspecified atom stereocenters. The zero-order valence-corrected chi connectivity index (χ0v) is 18.7. The molecule has 0 amide bonds. The molecule has 5 aromatic rings. The van der Waals surface area contributed by atoms with Gasteiger partial charge in [-0.2, -0.15) is 10.3 Å². The number of fused-ring (bicyclic) bond motifs is 1. The summed E-state index contributed by atoms with van der Waals surface area (Å²) < 4.78 is 2.02. The van der Waals surface area contributed by atoms with Gasteiger partial charge >= 0.3 is 0 Å². The first-order chi connectivity index (χ1) is 16.1. The average molecular weight is 441 g/mol. The molecule has 2 N–H and O–H groups in total. The number of nitrogens with one attached hydrogen (secondary N) is 2. The van der Waals surface area contributed by atoms with Crippen LogP contribution < -0.4 is 5.56 Å². The molecule has 9 heteroatoms. The predicted molar refractivity (Wildman–Crippen MR) is 126 cm³/mol. The van der Waals surface area contributed by atoms with Crippen molar-refractivity contribution in [3.05, 3.63) is 76.0 Å². The van der Waals surface area contributed by atoms with Gasteiger partial charge in [-0.1, -0.05) is 69.3 Å². The van der Waals surface area contributed by atoms with Gasteiger partial charge in [-0.25, -0.2) is 10.1 Å². The second kappa shape index (κ2) is 8.42. The molecule has 0 saturated heterocycles. The summed E-state index contributed by atoms with van der Waals surface area (Å²) in [6, 6.07) is 16.1. The minimum atomic E-state index is -0.230. The van der Waals surface area contributed by atoms with Gasteiger partial charge in [0, 0.05) is 11.5 Å². The molecule has 5 rings (SSSR count). The summed E-state index contributed by atoms with van der Waals surface area (Å²) >= 11 is 0. The van der Waals surface area contributed by atoms with E-state index in [-0.39, 0.29) is 11.5 Å². The molecular weight excluding hydrogens is 416 g/mol. The number of nitrogens with zero attached hydrogens (tertiary/aromatic N) is 6. The van der Waals surface area contributed by atoms with Gasteiger partial charge in [-0.05, 0) is 28.3 Å². The Labute approximate surface area is 189 Å². The van der Waals surface area contributed by atoms with Crippen molar-refractivity contribution >= 4 is 11.0 Å². The Kier molecular flexibility index (Phi) is 5.29. The van der Waals surface area contributed by atoms with Crippen LogP contribution >= 0.6 is 0 Å². The summed E-state index contributed by atoms with van der Waals surface area (Å²) in [6.45, 7) is 6.68. The van der Waals surface area contributed by atoms with Crippen LogP contribution in [0.2, 0.25) is 0 Å². The largest absolute Gasteiger partial charge is 0.319 e. The van der Waals surface area contributed by atoms with Gasteiger partial charge < -0.3 is 4.57 Å². The van der Waals surface area contributed by atoms with Crippen LogP contribution in [0.1, 0.15) is 43.8 Å². The third kappa shape index (κ3) is 3.61. The Balaban J connectivity index is 1.70. The maximum absolute atomic E-state index is 12.9. The van der Waals surface area contributed by atoms with Crippen LogP contribution in [0.25, 0.3) is 33.5 Å². The smallest absolute Gasteiger partial charge is 0.290 e. The molecule has 33 heavy (non-hydrogen) atoms. The molecule has 0 saturated carbocycles. The fourth-order valence-corrected chi connectivity index (χ4v) is 4.25. The van der Waals surface area contributed by atoms with Gasteiger partial charge in [-0.15, -0.1) is 10.2 Å². The lowest BCUT2D eigenvalue weighted by Gasteiger charge is -2.16. The Hall–Kier alpha value is -4.14. The number of aromatic nitrogens is 8. The topological polar surface area (TPSA) is 118 Å². The summed E-state index contributed by atoms with van der Waals surface area (Å²) in [5.74, 6) is 1.53. The molecule has 0 aliphatic heterocycles. The van der Waals surface area contributed by atoms with Gasteiger partial charge in [0.15, 0.2) is 0 Å². The highest BCUT2D eigenvalue weighted by Crippen LogP contribution is 2.33. The summed E-state index contributed by atoms with van der Waals surface area (Å²) in [6.07, 6.45) is 0.691. The van der Waals surface area contributed by atoms with Crippen molar-refractivity contribution in [3.8, 4) is 22.5 Å². The van der Waals surface area contributed by atoms with Crippen molar-refractivity contribution in [2.45, 2.75) is 39.7 Å². The standard InChI is InChI=1S/C24H24N8O/c1-4-19-20-21(24(33)29-26-19)32(23(25-20)14(2)3)13-15-9-5-6-10-16(15)17-11-7-8-12-18(17)22-27-30-31-28-22/h5-12,14H,4,13H2,1-3H3,(H,29,33)(H,27,28,30,31). The fourth-order valence-electron chi connectivity index (χ4n) is 4.25. The first kappa shape index (κ1) is 20.7. The Bertz CT molecular complexity index is 1480. The van der Waals surface area contributed by atoms with Crippen LogP contribution in [-0.2, 0) is 13.0 Å². The number of hydrogen-bond donors (Lipinski definition) is 2. The quantitative estimate of drug-likeness (QED) is 0.416. The van der Waals surface area contributed by atoms with Gasteiger partial charge in [0.05, 0.1) is 12.2 Å². The van der Waals surface area contributed by atoms with E-state index >= 15 is 0 Å². The van der Waals surface area contributed by atoms with Gasteiger partial charge in [0.25, 0.3) is 5.56 Å². The molecular formula is C24H24N8O. The highest BCUT2D eigenvalue weighted by atomic mass is 16.1. The van der Waals surface area contributed by atoms with Crippen molar-refractivity contribution in [1.82, 2.24) is 40.4 Å². The third-order valence-electron chi connectivity index (χ3n) is 5.78. The van der Waals surface area contributed by atoms with Crippen LogP contribution in [0.15, 0.2) is 53.3 Å². The molecule has 0 spiro atoms. The number of benzene rings is 2. The Morgan fingerprint density at radius 3 is 2.39 bits per heavy atom. The third-order valence-corrected chi connectivity index (χ3v) is 5.78. The zero-order valence-electron chi connectivity index (χ0n) is 18.7. The van der Waals surface area contributed by atoms with E-state index in [9.17, 15) is 4.79 Å². The number of tetrazole rings is 1. The molecule has 0 aliphatic carbocycles. The van der Waals surface area contributed by atoms with Crippen LogP contribution in [0, 0.1) is 0 Å². The number of imidazole rings is 1. The van der Waals surface area contributed by atoms with E-state index in [2.05, 4.69) is 56.8 Å². The van der Waals surface area contributed by atoms with E-state index in [0.717, 1.165) is 33.8 Å². The summed E-state index contributed by atoms with van der Waals surface area (Å²) in [4.78, 5) is 17.7. The SMILES string of the molecule is CCc1n[nH]c(=O)c2c1nc(C(C)C)n2Cc1ccccc1-c1ccccc1-c1nn[nH]n1. The average Bonchev–Trinajstić information content (AvgIpc) is 3.49. The van der Waals surface area contributed by atoms with Crippen molar-refractivity contribution in [2.24, 2.45) is 0 Å². The first-order valence-corrected chi connectivity index (χ1v) is 11.0.